The van der Waals surface area contributed by atoms with E-state index < -0.39 is 0 Å². The molecule has 0 aliphatic carbocycles. The molecular weight excluding hydrogens is 304 g/mol. The van der Waals surface area contributed by atoms with E-state index in [0.29, 0.717) is 18.0 Å². The molecule has 2 aromatic rings. The van der Waals surface area contributed by atoms with E-state index in [1.54, 1.807) is 18.5 Å². The zero-order valence-electron chi connectivity index (χ0n) is 14.3. The van der Waals surface area contributed by atoms with E-state index in [-0.39, 0.29) is 5.97 Å². The summed E-state index contributed by atoms with van der Waals surface area (Å²) in [6, 6.07) is 2.15. The van der Waals surface area contributed by atoms with Gasteiger partial charge in [0, 0.05) is 24.5 Å². The van der Waals surface area contributed by atoms with Gasteiger partial charge in [-0.3, -0.25) is 9.67 Å². The van der Waals surface area contributed by atoms with Crippen molar-refractivity contribution in [2.75, 3.05) is 20.2 Å². The molecular formula is C18H24N4O2. The van der Waals surface area contributed by atoms with Crippen LogP contribution < -0.4 is 5.32 Å². The maximum absolute atomic E-state index is 11.9. The van der Waals surface area contributed by atoms with Gasteiger partial charge in [0.05, 0.1) is 24.9 Å². The third-order valence-electron chi connectivity index (χ3n) is 4.73. The highest BCUT2D eigenvalue weighted by atomic mass is 16.5. The van der Waals surface area contributed by atoms with E-state index in [9.17, 15) is 4.79 Å². The van der Waals surface area contributed by atoms with Crippen molar-refractivity contribution in [2.45, 2.75) is 38.6 Å². The summed E-state index contributed by atoms with van der Waals surface area (Å²) in [5.74, 6) is -0.327. The SMILES string of the molecule is COC(=O)c1ccncc1Cc1cnn([C@H]2CCCNCC2)c1C. The van der Waals surface area contributed by atoms with Gasteiger partial charge in [-0.25, -0.2) is 4.79 Å². The van der Waals surface area contributed by atoms with Gasteiger partial charge in [0.25, 0.3) is 0 Å². The molecule has 1 aliphatic heterocycles. The maximum atomic E-state index is 11.9. The standard InChI is InChI=1S/C18H24N4O2/c1-13-14(10-15-11-20-9-6-17(15)18(23)24-2)12-21-22(13)16-4-3-7-19-8-5-16/h6,9,11-12,16,19H,3-5,7-8,10H2,1-2H3/t16-/m0/s1. The average molecular weight is 328 g/mol. The number of rotatable bonds is 4. The first-order valence-corrected chi connectivity index (χ1v) is 8.45. The van der Waals surface area contributed by atoms with E-state index in [1.165, 1.54) is 19.2 Å². The fraction of sp³-hybridized carbons (Fsp3) is 0.500. The minimum Gasteiger partial charge on any atom is -0.465 e. The molecule has 0 saturated carbocycles. The number of nitrogens with one attached hydrogen (secondary N) is 1. The van der Waals surface area contributed by atoms with Gasteiger partial charge in [0.15, 0.2) is 0 Å². The molecule has 2 aromatic heterocycles. The maximum Gasteiger partial charge on any atom is 0.338 e. The molecule has 0 aromatic carbocycles. The number of carbonyl (C=O) groups excluding carboxylic acids is 1. The Morgan fingerprint density at radius 1 is 1.33 bits per heavy atom. The molecule has 0 spiro atoms. The van der Waals surface area contributed by atoms with Gasteiger partial charge in [0.1, 0.15) is 0 Å². The van der Waals surface area contributed by atoms with Crippen molar-refractivity contribution in [1.82, 2.24) is 20.1 Å². The first-order valence-electron chi connectivity index (χ1n) is 8.45. The van der Waals surface area contributed by atoms with Crippen LogP contribution in [0.15, 0.2) is 24.7 Å². The minimum absolute atomic E-state index is 0.327. The first-order chi connectivity index (χ1) is 11.7. The Labute approximate surface area is 142 Å². The van der Waals surface area contributed by atoms with Crippen LogP contribution in [0.3, 0.4) is 0 Å². The minimum atomic E-state index is -0.327. The predicted molar refractivity (Wildman–Crippen MR) is 91.1 cm³/mol. The molecule has 6 nitrogen and oxygen atoms in total. The Kier molecular flexibility index (Phi) is 5.25. The van der Waals surface area contributed by atoms with Gasteiger partial charge < -0.3 is 10.1 Å². The summed E-state index contributed by atoms with van der Waals surface area (Å²) in [6.45, 7) is 4.23. The van der Waals surface area contributed by atoms with Crippen molar-refractivity contribution >= 4 is 5.97 Å². The molecule has 1 atom stereocenters. The topological polar surface area (TPSA) is 69.0 Å². The van der Waals surface area contributed by atoms with Gasteiger partial charge in [0.2, 0.25) is 0 Å². The number of hydrogen-bond acceptors (Lipinski definition) is 5. The number of esters is 1. The van der Waals surface area contributed by atoms with Crippen LogP contribution >= 0.6 is 0 Å². The van der Waals surface area contributed by atoms with E-state index in [2.05, 4.69) is 27.0 Å². The highest BCUT2D eigenvalue weighted by Gasteiger charge is 2.19. The molecule has 6 heteroatoms. The molecule has 0 radical (unpaired) electrons. The molecule has 128 valence electrons. The lowest BCUT2D eigenvalue weighted by Crippen LogP contribution is -2.16. The number of aromatic nitrogens is 3. The van der Waals surface area contributed by atoms with E-state index >= 15 is 0 Å². The quantitative estimate of drug-likeness (QED) is 0.872. The van der Waals surface area contributed by atoms with Crippen LogP contribution in [-0.4, -0.2) is 40.9 Å². The van der Waals surface area contributed by atoms with E-state index in [0.717, 1.165) is 37.1 Å². The summed E-state index contributed by atoms with van der Waals surface area (Å²) in [5.41, 5.74) is 3.74. The number of hydrogen-bond donors (Lipinski definition) is 1. The molecule has 1 saturated heterocycles. The van der Waals surface area contributed by atoms with Gasteiger partial charge in [-0.15, -0.1) is 0 Å². The highest BCUT2D eigenvalue weighted by Crippen LogP contribution is 2.24. The molecule has 3 heterocycles. The van der Waals surface area contributed by atoms with Crippen LogP contribution in [-0.2, 0) is 11.2 Å². The molecule has 3 rings (SSSR count). The number of carbonyl (C=O) groups is 1. The monoisotopic (exact) mass is 328 g/mol. The summed E-state index contributed by atoms with van der Waals surface area (Å²) < 4.78 is 7.01. The van der Waals surface area contributed by atoms with Crippen LogP contribution in [0.2, 0.25) is 0 Å². The van der Waals surface area contributed by atoms with Crippen molar-refractivity contribution in [3.05, 3.63) is 47.0 Å². The summed E-state index contributed by atoms with van der Waals surface area (Å²) in [7, 11) is 1.40. The number of ether oxygens (including phenoxy) is 1. The van der Waals surface area contributed by atoms with Gasteiger partial charge in [-0.1, -0.05) is 0 Å². The second-order valence-electron chi connectivity index (χ2n) is 6.24. The Morgan fingerprint density at radius 2 is 2.21 bits per heavy atom. The van der Waals surface area contributed by atoms with E-state index in [1.807, 2.05) is 6.20 Å². The van der Waals surface area contributed by atoms with Crippen molar-refractivity contribution < 1.29 is 9.53 Å². The lowest BCUT2D eigenvalue weighted by atomic mass is 10.0. The molecule has 1 aliphatic rings. The Balaban J connectivity index is 1.83. The van der Waals surface area contributed by atoms with Crippen LogP contribution in [0.25, 0.3) is 0 Å². The van der Waals surface area contributed by atoms with Gasteiger partial charge in [-0.2, -0.15) is 5.10 Å². The fourth-order valence-corrected chi connectivity index (χ4v) is 3.33. The van der Waals surface area contributed by atoms with Gasteiger partial charge in [-0.05, 0) is 56.5 Å². The Bertz CT molecular complexity index is 703. The summed E-state index contributed by atoms with van der Waals surface area (Å²) >= 11 is 0. The second-order valence-corrected chi connectivity index (χ2v) is 6.24. The predicted octanol–water partition coefficient (Wildman–Crippen LogP) is 2.28. The van der Waals surface area contributed by atoms with Crippen LogP contribution in [0, 0.1) is 6.92 Å². The van der Waals surface area contributed by atoms with E-state index in [4.69, 9.17) is 4.74 Å². The van der Waals surface area contributed by atoms with Crippen molar-refractivity contribution in [3.8, 4) is 0 Å². The first kappa shape index (κ1) is 16.6. The summed E-state index contributed by atoms with van der Waals surface area (Å²) in [5, 5.41) is 8.06. The van der Waals surface area contributed by atoms with Crippen molar-refractivity contribution in [3.63, 3.8) is 0 Å². The molecule has 0 unspecified atom stereocenters. The third kappa shape index (κ3) is 3.48. The molecule has 1 fully saturated rings. The lowest BCUT2D eigenvalue weighted by molar-refractivity contribution is 0.0599. The van der Waals surface area contributed by atoms with Crippen LogP contribution in [0.1, 0.15) is 52.5 Å². The second kappa shape index (κ2) is 7.57. The van der Waals surface area contributed by atoms with Crippen LogP contribution in [0.5, 0.6) is 0 Å². The number of nitrogens with zero attached hydrogens (tertiary/aromatic N) is 3. The van der Waals surface area contributed by atoms with Crippen molar-refractivity contribution in [2.24, 2.45) is 0 Å². The number of methoxy groups -OCH3 is 1. The zero-order valence-corrected chi connectivity index (χ0v) is 14.3. The number of pyridine rings is 1. The van der Waals surface area contributed by atoms with Gasteiger partial charge >= 0.3 is 5.97 Å². The van der Waals surface area contributed by atoms with Crippen molar-refractivity contribution in [1.29, 1.82) is 0 Å². The Hall–Kier alpha value is -2.21. The van der Waals surface area contributed by atoms with Crippen LogP contribution in [0.4, 0.5) is 0 Å². The molecule has 0 amide bonds. The fourth-order valence-electron chi connectivity index (χ4n) is 3.33. The summed E-state index contributed by atoms with van der Waals surface area (Å²) in [6.07, 6.45) is 9.33. The largest absolute Gasteiger partial charge is 0.465 e. The normalized spacial score (nSPS) is 18.2. The average Bonchev–Trinajstić information content (AvgIpc) is 2.81. The highest BCUT2D eigenvalue weighted by molar-refractivity contribution is 5.90. The smallest absolute Gasteiger partial charge is 0.338 e. The Morgan fingerprint density at radius 3 is 3.04 bits per heavy atom. The summed E-state index contributed by atoms with van der Waals surface area (Å²) in [4.78, 5) is 16.1. The molecule has 24 heavy (non-hydrogen) atoms. The third-order valence-corrected chi connectivity index (χ3v) is 4.73. The molecule has 1 N–H and O–H groups in total. The zero-order chi connectivity index (χ0) is 16.9. The lowest BCUT2D eigenvalue weighted by Gasteiger charge is -2.17. The molecule has 0 bridgehead atoms.